The van der Waals surface area contributed by atoms with Crippen LogP contribution in [0.2, 0.25) is 0 Å². The first-order valence-electron chi connectivity index (χ1n) is 11.5. The number of aromatic nitrogens is 2. The highest BCUT2D eigenvalue weighted by Gasteiger charge is 2.34. The summed E-state index contributed by atoms with van der Waals surface area (Å²) in [6, 6.07) is 12.0. The number of rotatable bonds is 6. The number of anilines is 1. The fourth-order valence-electron chi connectivity index (χ4n) is 4.60. The van der Waals surface area contributed by atoms with E-state index in [2.05, 4.69) is 20.3 Å². The summed E-state index contributed by atoms with van der Waals surface area (Å²) in [6.45, 7) is 4.29. The van der Waals surface area contributed by atoms with Gasteiger partial charge in [0.05, 0.1) is 17.4 Å². The highest BCUT2D eigenvalue weighted by Crippen LogP contribution is 2.37. The summed E-state index contributed by atoms with van der Waals surface area (Å²) in [7, 11) is 0. The number of ether oxygens (including phenoxy) is 2. The highest BCUT2D eigenvalue weighted by molar-refractivity contribution is 5.98. The fourth-order valence-corrected chi connectivity index (χ4v) is 4.60. The van der Waals surface area contributed by atoms with E-state index in [1.165, 1.54) is 22.9 Å². The molecule has 3 aromatic rings. The molecular formula is C24H25F3N6O3. The fraction of sp³-hybridized carbons (Fsp3) is 0.333. The lowest BCUT2D eigenvalue weighted by Gasteiger charge is -2.36. The van der Waals surface area contributed by atoms with Gasteiger partial charge in [-0.15, -0.1) is 13.2 Å². The molecule has 0 saturated carbocycles. The number of carbonyl (C=O) groups excluding carboxylic acids is 1. The van der Waals surface area contributed by atoms with E-state index in [9.17, 15) is 18.0 Å². The summed E-state index contributed by atoms with van der Waals surface area (Å²) in [4.78, 5) is 14.8. The monoisotopic (exact) mass is 502 g/mol. The number of primary amides is 1. The molecule has 1 aromatic heterocycles. The summed E-state index contributed by atoms with van der Waals surface area (Å²) < 4.78 is 48.6. The minimum Gasteiger partial charge on any atom is -0.457 e. The molecule has 12 heteroatoms. The first kappa shape index (κ1) is 23.9. The number of nitrogens with one attached hydrogen (secondary N) is 2. The molecule has 3 heterocycles. The quantitative estimate of drug-likeness (QED) is 0.474. The third-order valence-electron chi connectivity index (χ3n) is 6.13. The maximum Gasteiger partial charge on any atom is 0.573 e. The molecule has 1 saturated heterocycles. The predicted molar refractivity (Wildman–Crippen MR) is 126 cm³/mol. The zero-order valence-corrected chi connectivity index (χ0v) is 19.2. The van der Waals surface area contributed by atoms with Crippen molar-refractivity contribution in [2.75, 3.05) is 38.0 Å². The summed E-state index contributed by atoms with van der Waals surface area (Å²) >= 11 is 0. The third-order valence-corrected chi connectivity index (χ3v) is 6.13. The van der Waals surface area contributed by atoms with Crippen molar-refractivity contribution in [1.29, 1.82) is 0 Å². The second-order valence-electron chi connectivity index (χ2n) is 8.52. The maximum atomic E-state index is 12.5. The number of amides is 1. The minimum absolute atomic E-state index is 0.0801. The van der Waals surface area contributed by atoms with Crippen LogP contribution < -0.4 is 25.8 Å². The van der Waals surface area contributed by atoms with Crippen molar-refractivity contribution in [3.8, 4) is 22.9 Å². The summed E-state index contributed by atoms with van der Waals surface area (Å²) in [5.74, 6) is -0.410. The molecule has 0 radical (unpaired) electrons. The molecule has 2 aromatic carbocycles. The van der Waals surface area contributed by atoms with Crippen molar-refractivity contribution in [2.45, 2.75) is 18.8 Å². The molecule has 9 nitrogen and oxygen atoms in total. The largest absolute Gasteiger partial charge is 0.573 e. The maximum absolute atomic E-state index is 12.5. The van der Waals surface area contributed by atoms with Gasteiger partial charge in [0.25, 0.3) is 5.91 Å². The third kappa shape index (κ3) is 5.09. The van der Waals surface area contributed by atoms with E-state index in [1.54, 1.807) is 24.3 Å². The van der Waals surface area contributed by atoms with Crippen molar-refractivity contribution in [3.63, 3.8) is 0 Å². The van der Waals surface area contributed by atoms with Crippen LogP contribution in [0.15, 0.2) is 48.5 Å². The van der Waals surface area contributed by atoms with Crippen molar-refractivity contribution in [2.24, 2.45) is 5.73 Å². The molecule has 0 bridgehead atoms. The summed E-state index contributed by atoms with van der Waals surface area (Å²) in [5, 5.41) is 11.4. The summed E-state index contributed by atoms with van der Waals surface area (Å²) in [6.07, 6.45) is -3.92. The molecule has 5 rings (SSSR count). The molecule has 1 fully saturated rings. The number of nitrogens with zero attached hydrogens (tertiary/aromatic N) is 3. The Morgan fingerprint density at radius 1 is 1.03 bits per heavy atom. The molecule has 1 atom stereocenters. The van der Waals surface area contributed by atoms with E-state index in [-0.39, 0.29) is 23.2 Å². The molecule has 2 aliphatic rings. The van der Waals surface area contributed by atoms with E-state index in [0.717, 1.165) is 44.4 Å². The van der Waals surface area contributed by atoms with Gasteiger partial charge in [-0.2, -0.15) is 5.10 Å². The van der Waals surface area contributed by atoms with Gasteiger partial charge in [0.15, 0.2) is 5.69 Å². The number of halogens is 3. The van der Waals surface area contributed by atoms with Gasteiger partial charge in [-0.3, -0.25) is 9.69 Å². The van der Waals surface area contributed by atoms with Crippen LogP contribution in [0.1, 0.15) is 28.6 Å². The van der Waals surface area contributed by atoms with E-state index >= 15 is 0 Å². The number of alkyl halides is 3. The number of hydrogen-bond donors (Lipinski definition) is 3. The number of piperazine rings is 1. The number of hydrogen-bond acceptors (Lipinski definition) is 7. The van der Waals surface area contributed by atoms with Gasteiger partial charge >= 0.3 is 6.36 Å². The Morgan fingerprint density at radius 3 is 2.44 bits per heavy atom. The van der Waals surface area contributed by atoms with Gasteiger partial charge < -0.3 is 25.8 Å². The Kier molecular flexibility index (Phi) is 6.46. The Balaban J connectivity index is 1.40. The van der Waals surface area contributed by atoms with Crippen molar-refractivity contribution in [1.82, 2.24) is 20.0 Å². The van der Waals surface area contributed by atoms with Crippen molar-refractivity contribution < 1.29 is 27.4 Å². The Morgan fingerprint density at radius 2 is 1.75 bits per heavy atom. The van der Waals surface area contributed by atoms with Crippen LogP contribution >= 0.6 is 0 Å². The van der Waals surface area contributed by atoms with Gasteiger partial charge in [0.1, 0.15) is 22.9 Å². The average Bonchev–Trinajstić information content (AvgIpc) is 3.24. The van der Waals surface area contributed by atoms with Crippen LogP contribution in [0.25, 0.3) is 5.69 Å². The molecule has 0 aliphatic carbocycles. The molecule has 36 heavy (non-hydrogen) atoms. The molecule has 4 N–H and O–H groups in total. The second kappa shape index (κ2) is 9.70. The van der Waals surface area contributed by atoms with E-state index in [0.29, 0.717) is 23.7 Å². The zero-order valence-electron chi connectivity index (χ0n) is 19.2. The minimum atomic E-state index is -4.79. The lowest BCUT2D eigenvalue weighted by Crippen LogP contribution is -2.46. The molecule has 2 aliphatic heterocycles. The molecule has 0 unspecified atom stereocenters. The standard InChI is InChI=1S/C24H25F3N6O3/c25-24(26,27)36-18-3-1-2-17(14-18)35-16-6-4-15(5-7-16)33-22(23(28)34)21-20(31-33)19(8-9-30-21)32-12-10-29-11-13-32/h1-7,14,19,29-30H,8-13H2,(H2,28,34)/t19-/m1/s1. The highest BCUT2D eigenvalue weighted by atomic mass is 19.4. The normalized spacial score (nSPS) is 18.2. The Hall–Kier alpha value is -3.77. The number of fused-ring (bicyclic) bond motifs is 1. The van der Waals surface area contributed by atoms with Crippen molar-refractivity contribution in [3.05, 3.63) is 59.9 Å². The Labute approximate surface area is 205 Å². The van der Waals surface area contributed by atoms with Gasteiger partial charge in [-0.05, 0) is 42.8 Å². The lowest BCUT2D eigenvalue weighted by molar-refractivity contribution is -0.274. The average molecular weight is 502 g/mol. The van der Waals surface area contributed by atoms with E-state index in [1.807, 2.05) is 0 Å². The second-order valence-corrected chi connectivity index (χ2v) is 8.52. The summed E-state index contributed by atoms with van der Waals surface area (Å²) in [5.41, 5.74) is 8.07. The van der Waals surface area contributed by atoms with Crippen LogP contribution in [0.3, 0.4) is 0 Å². The SMILES string of the molecule is NC(=O)c1c2c(nn1-c1ccc(Oc3cccc(OC(F)(F)F)c3)cc1)[C@H](N1CCNCC1)CCN2. The zero-order chi connectivity index (χ0) is 25.3. The van der Waals surface area contributed by atoms with Crippen LogP contribution in [0.5, 0.6) is 17.2 Å². The van der Waals surface area contributed by atoms with Gasteiger partial charge in [-0.1, -0.05) is 6.07 Å². The van der Waals surface area contributed by atoms with Gasteiger partial charge in [-0.25, -0.2) is 4.68 Å². The number of benzene rings is 2. The first-order valence-corrected chi connectivity index (χ1v) is 11.5. The van der Waals surface area contributed by atoms with Crippen LogP contribution in [-0.2, 0) is 0 Å². The van der Waals surface area contributed by atoms with Crippen LogP contribution in [0, 0.1) is 0 Å². The van der Waals surface area contributed by atoms with E-state index in [4.69, 9.17) is 15.6 Å². The molecule has 190 valence electrons. The van der Waals surface area contributed by atoms with Crippen LogP contribution in [-0.4, -0.2) is 59.7 Å². The topological polar surface area (TPSA) is 107 Å². The van der Waals surface area contributed by atoms with Crippen molar-refractivity contribution >= 4 is 11.6 Å². The number of carbonyl (C=O) groups is 1. The number of nitrogens with two attached hydrogens (primary N) is 1. The van der Waals surface area contributed by atoms with Gasteiger partial charge in [0.2, 0.25) is 0 Å². The molecular weight excluding hydrogens is 477 g/mol. The van der Waals surface area contributed by atoms with E-state index < -0.39 is 12.3 Å². The molecule has 0 spiro atoms. The Bertz CT molecular complexity index is 1240. The smallest absolute Gasteiger partial charge is 0.457 e. The molecule has 1 amide bonds. The van der Waals surface area contributed by atoms with Crippen LogP contribution in [0.4, 0.5) is 18.9 Å². The lowest BCUT2D eigenvalue weighted by atomic mass is 10.0. The van der Waals surface area contributed by atoms with Gasteiger partial charge in [0, 0.05) is 38.8 Å². The first-order chi connectivity index (χ1) is 17.3. The predicted octanol–water partition coefficient (Wildman–Crippen LogP) is 3.42.